The second-order valence-corrected chi connectivity index (χ2v) is 9.25. The van der Waals surface area contributed by atoms with Crippen molar-refractivity contribution in [1.82, 2.24) is 10.2 Å². The lowest BCUT2D eigenvalue weighted by atomic mass is 10.1. The fourth-order valence-corrected chi connectivity index (χ4v) is 3.60. The van der Waals surface area contributed by atoms with Gasteiger partial charge >= 0.3 is 6.18 Å². The topological polar surface area (TPSA) is 105 Å². The summed E-state index contributed by atoms with van der Waals surface area (Å²) in [5, 5.41) is 9.21. The quantitative estimate of drug-likeness (QED) is 0.541. The first-order valence-corrected chi connectivity index (χ1v) is 11.2. The minimum atomic E-state index is -4.83. The van der Waals surface area contributed by atoms with Gasteiger partial charge in [-0.15, -0.1) is 10.2 Å². The second kappa shape index (κ2) is 8.58. The van der Waals surface area contributed by atoms with Crippen LogP contribution in [0.1, 0.15) is 27.2 Å². The maximum Gasteiger partial charge on any atom is 0.435 e. The number of nitrogens with one attached hydrogen (secondary N) is 2. The molecule has 168 valence electrons. The summed E-state index contributed by atoms with van der Waals surface area (Å²) in [5.74, 6) is -1.04. The van der Waals surface area contributed by atoms with Crippen molar-refractivity contribution in [2.45, 2.75) is 24.9 Å². The molecule has 0 aliphatic rings. The number of anilines is 1. The summed E-state index contributed by atoms with van der Waals surface area (Å²) >= 11 is 0. The molecule has 0 aliphatic carbocycles. The normalized spacial score (nSPS) is 13.3. The molecule has 3 rings (SSSR count). The van der Waals surface area contributed by atoms with Gasteiger partial charge in [0.15, 0.2) is 5.69 Å². The van der Waals surface area contributed by atoms with Crippen LogP contribution in [0.5, 0.6) is 11.6 Å². The number of benzene rings is 2. The monoisotopic (exact) mass is 464 g/mol. The van der Waals surface area contributed by atoms with Crippen molar-refractivity contribution in [1.29, 1.82) is 4.78 Å². The van der Waals surface area contributed by atoms with Gasteiger partial charge < -0.3 is 10.1 Å². The third kappa shape index (κ3) is 5.22. The van der Waals surface area contributed by atoms with Crippen LogP contribution >= 0.6 is 0 Å². The van der Waals surface area contributed by atoms with E-state index in [0.29, 0.717) is 0 Å². The van der Waals surface area contributed by atoms with Crippen LogP contribution in [-0.2, 0) is 15.9 Å². The first-order chi connectivity index (χ1) is 14.9. The average Bonchev–Trinajstić information content (AvgIpc) is 2.66. The minimum Gasteiger partial charge on any atom is -0.437 e. The molecule has 1 aromatic heterocycles. The molecule has 1 amide bonds. The maximum absolute atomic E-state index is 13.4. The number of carbonyl (C=O) groups excluding carboxylic acids is 1. The van der Waals surface area contributed by atoms with Crippen molar-refractivity contribution in [3.63, 3.8) is 0 Å². The van der Waals surface area contributed by atoms with E-state index in [1.165, 1.54) is 30.5 Å². The van der Waals surface area contributed by atoms with Gasteiger partial charge in [0.1, 0.15) is 11.3 Å². The number of halogens is 3. The Balaban J connectivity index is 2.06. The van der Waals surface area contributed by atoms with Crippen molar-refractivity contribution in [3.05, 3.63) is 70.9 Å². The molecule has 11 heteroatoms. The first kappa shape index (κ1) is 23.2. The molecule has 0 fully saturated rings. The minimum absolute atomic E-state index is 0.153. The molecule has 3 aromatic rings. The molecule has 0 saturated carbocycles. The molecular formula is C21H19F3N4O3S. The summed E-state index contributed by atoms with van der Waals surface area (Å²) in [4.78, 5) is 13.2. The fraction of sp³-hybridized carbons (Fsp3) is 0.190. The number of nitrogens with zero attached hydrogens (tertiary/aromatic N) is 2. The summed E-state index contributed by atoms with van der Waals surface area (Å²) in [6, 6.07) is 12.4. The Hall–Kier alpha value is -3.47. The molecule has 32 heavy (non-hydrogen) atoms. The lowest BCUT2D eigenvalue weighted by Gasteiger charge is -2.16. The second-order valence-electron chi connectivity index (χ2n) is 7.10. The number of carbonyl (C=O) groups is 1. The van der Waals surface area contributed by atoms with Crippen molar-refractivity contribution in [2.75, 3.05) is 11.6 Å². The standard InChI is InChI=1S/C21H19F3N4O3S/c1-12-6-4-8-15(10-12)31-20-17(13(2)18(27-28-20)21(22,23)24)19(29)26-14-7-5-9-16(11-14)32(3,25)30/h4-11,25H,1-3H3,(H,26,29). The zero-order valence-electron chi connectivity index (χ0n) is 17.3. The van der Waals surface area contributed by atoms with E-state index < -0.39 is 44.5 Å². The fourth-order valence-electron chi connectivity index (χ4n) is 2.91. The van der Waals surface area contributed by atoms with Gasteiger partial charge in [-0.05, 0) is 55.3 Å². The molecule has 1 atom stereocenters. The number of amides is 1. The SMILES string of the molecule is Cc1cccc(Oc2nnc(C(F)(F)F)c(C)c2C(=O)Nc2cccc(S(C)(=N)=O)c2)c1. The number of aryl methyl sites for hydroxylation is 1. The molecule has 2 aromatic carbocycles. The smallest absolute Gasteiger partial charge is 0.435 e. The van der Waals surface area contributed by atoms with Crippen LogP contribution in [0.3, 0.4) is 0 Å². The number of ether oxygens (including phenoxy) is 1. The number of hydrogen-bond donors (Lipinski definition) is 2. The van der Waals surface area contributed by atoms with E-state index in [0.717, 1.165) is 12.5 Å². The van der Waals surface area contributed by atoms with Gasteiger partial charge in [-0.1, -0.05) is 18.2 Å². The predicted molar refractivity (Wildman–Crippen MR) is 112 cm³/mol. The third-order valence-electron chi connectivity index (χ3n) is 4.43. The Morgan fingerprint density at radius 2 is 1.78 bits per heavy atom. The zero-order valence-corrected chi connectivity index (χ0v) is 18.1. The largest absolute Gasteiger partial charge is 0.437 e. The molecular weight excluding hydrogens is 445 g/mol. The van der Waals surface area contributed by atoms with Crippen LogP contribution in [0.2, 0.25) is 0 Å². The van der Waals surface area contributed by atoms with Crippen LogP contribution in [-0.4, -0.2) is 26.6 Å². The van der Waals surface area contributed by atoms with Gasteiger partial charge in [-0.3, -0.25) is 4.79 Å². The van der Waals surface area contributed by atoms with E-state index in [1.54, 1.807) is 31.2 Å². The average molecular weight is 464 g/mol. The van der Waals surface area contributed by atoms with E-state index in [1.807, 2.05) is 0 Å². The van der Waals surface area contributed by atoms with Crippen molar-refractivity contribution < 1.29 is 26.9 Å². The maximum atomic E-state index is 13.4. The number of alkyl halides is 3. The van der Waals surface area contributed by atoms with E-state index in [2.05, 4.69) is 15.5 Å². The highest BCUT2D eigenvalue weighted by Gasteiger charge is 2.38. The van der Waals surface area contributed by atoms with E-state index >= 15 is 0 Å². The summed E-state index contributed by atoms with van der Waals surface area (Å²) < 4.78 is 65.4. The van der Waals surface area contributed by atoms with E-state index in [-0.39, 0.29) is 16.3 Å². The molecule has 0 radical (unpaired) electrons. The van der Waals surface area contributed by atoms with Gasteiger partial charge in [0.25, 0.3) is 11.8 Å². The molecule has 0 saturated heterocycles. The van der Waals surface area contributed by atoms with Crippen molar-refractivity contribution in [2.24, 2.45) is 0 Å². The molecule has 7 nitrogen and oxygen atoms in total. The van der Waals surface area contributed by atoms with Crippen LogP contribution in [0, 0.1) is 18.6 Å². The van der Waals surface area contributed by atoms with Crippen LogP contribution < -0.4 is 10.1 Å². The highest BCUT2D eigenvalue weighted by Crippen LogP contribution is 2.35. The highest BCUT2D eigenvalue weighted by molar-refractivity contribution is 7.91. The summed E-state index contributed by atoms with van der Waals surface area (Å²) in [5.41, 5.74) is -1.22. The lowest BCUT2D eigenvalue weighted by Crippen LogP contribution is -2.21. The van der Waals surface area contributed by atoms with Crippen LogP contribution in [0.25, 0.3) is 0 Å². The first-order valence-electron chi connectivity index (χ1n) is 9.20. The lowest BCUT2D eigenvalue weighted by molar-refractivity contribution is -0.142. The van der Waals surface area contributed by atoms with Gasteiger partial charge in [-0.2, -0.15) is 13.2 Å². The van der Waals surface area contributed by atoms with E-state index in [4.69, 9.17) is 9.52 Å². The summed E-state index contributed by atoms with van der Waals surface area (Å²) in [6.45, 7) is 2.91. The number of rotatable bonds is 5. The highest BCUT2D eigenvalue weighted by atomic mass is 32.2. The summed E-state index contributed by atoms with van der Waals surface area (Å²) in [6.07, 6.45) is -3.61. The Morgan fingerprint density at radius 3 is 2.41 bits per heavy atom. The summed E-state index contributed by atoms with van der Waals surface area (Å²) in [7, 11) is -3.06. The van der Waals surface area contributed by atoms with Crippen LogP contribution in [0.15, 0.2) is 53.4 Å². The Labute approximate surface area is 182 Å². The third-order valence-corrected chi connectivity index (χ3v) is 5.58. The predicted octanol–water partition coefficient (Wildman–Crippen LogP) is 5.19. The number of aromatic nitrogens is 2. The number of hydrogen-bond acceptors (Lipinski definition) is 6. The molecule has 2 N–H and O–H groups in total. The van der Waals surface area contributed by atoms with Gasteiger partial charge in [0, 0.05) is 16.8 Å². The molecule has 0 bridgehead atoms. The molecule has 1 unspecified atom stereocenters. The zero-order chi connectivity index (χ0) is 23.7. The Kier molecular flexibility index (Phi) is 6.22. The van der Waals surface area contributed by atoms with Crippen molar-refractivity contribution in [3.8, 4) is 11.6 Å². The Bertz CT molecular complexity index is 1290. The van der Waals surface area contributed by atoms with Gasteiger partial charge in [0.2, 0.25) is 0 Å². The molecule has 1 heterocycles. The van der Waals surface area contributed by atoms with Gasteiger partial charge in [-0.25, -0.2) is 8.99 Å². The van der Waals surface area contributed by atoms with E-state index in [9.17, 15) is 22.2 Å². The van der Waals surface area contributed by atoms with Crippen LogP contribution in [0.4, 0.5) is 18.9 Å². The molecule has 0 aliphatic heterocycles. The Morgan fingerprint density at radius 1 is 1.09 bits per heavy atom. The van der Waals surface area contributed by atoms with Crippen molar-refractivity contribution >= 4 is 21.3 Å². The van der Waals surface area contributed by atoms with Gasteiger partial charge in [0.05, 0.1) is 9.73 Å². The molecule has 0 spiro atoms.